The topological polar surface area (TPSA) is 223 Å². The molecule has 166 valence electrons. The number of β-lactam (4-membered cyclic amide) rings is 1. The number of aromatic nitrogens is 4. The molecule has 2 aromatic heterocycles. The number of allylic oxidation sites excluding steroid dienone is 1. The van der Waals surface area contributed by atoms with Gasteiger partial charge in [0, 0.05) is 21.3 Å². The van der Waals surface area contributed by atoms with Gasteiger partial charge in [-0.3, -0.25) is 14.5 Å². The van der Waals surface area contributed by atoms with Crippen LogP contribution in [0.3, 0.4) is 0 Å². The van der Waals surface area contributed by atoms with Crippen molar-refractivity contribution in [1.29, 1.82) is 0 Å². The minimum atomic E-state index is -1.27. The Morgan fingerprint density at radius 1 is 1.38 bits per heavy atom. The number of anilines is 2. The van der Waals surface area contributed by atoms with Crippen LogP contribution in [0.1, 0.15) is 18.7 Å². The van der Waals surface area contributed by atoms with E-state index in [-0.39, 0.29) is 22.5 Å². The lowest BCUT2D eigenvalue weighted by atomic mass is 9.86. The summed E-state index contributed by atoms with van der Waals surface area (Å²) < 4.78 is 3.80. The Kier molecular flexibility index (Phi) is 5.62. The highest BCUT2D eigenvalue weighted by Crippen LogP contribution is 2.43. The van der Waals surface area contributed by atoms with Gasteiger partial charge in [0.25, 0.3) is 11.8 Å². The molecule has 2 atom stereocenters. The number of carboxylic acids is 1. The second kappa shape index (κ2) is 8.39. The van der Waals surface area contributed by atoms with E-state index in [4.69, 9.17) is 11.5 Å². The summed E-state index contributed by atoms with van der Waals surface area (Å²) in [6.45, 7) is 0. The number of hydrogen-bond donors (Lipinski definition) is 5. The number of fused-ring (bicyclic) bond motifs is 1. The van der Waals surface area contributed by atoms with E-state index in [1.54, 1.807) is 6.07 Å². The zero-order chi connectivity index (χ0) is 23.0. The van der Waals surface area contributed by atoms with Gasteiger partial charge in [-0.25, -0.2) is 4.79 Å². The summed E-state index contributed by atoms with van der Waals surface area (Å²) in [5, 5.41) is 31.7. The van der Waals surface area contributed by atoms with Crippen molar-refractivity contribution >= 4 is 57.7 Å². The Hall–Kier alpha value is -3.79. The summed E-state index contributed by atoms with van der Waals surface area (Å²) in [7, 11) is 0. The first-order chi connectivity index (χ1) is 15.3. The lowest BCUT2D eigenvalue weighted by Crippen LogP contribution is -2.72. The number of nitrogens with one attached hydrogen (secondary N) is 1. The van der Waals surface area contributed by atoms with Crippen molar-refractivity contribution < 1.29 is 24.7 Å². The summed E-state index contributed by atoms with van der Waals surface area (Å²) >= 11 is 1.94. The van der Waals surface area contributed by atoms with E-state index >= 15 is 0 Å². The van der Waals surface area contributed by atoms with Crippen molar-refractivity contribution in [2.45, 2.75) is 29.8 Å². The SMILES string of the molecule is Nc1cc(SC2=C(C(=O)O)N3C(=O)C(NC(=O)/C(=N\O)c4nsc(N)n4)C3CC2)cnn1. The number of nitrogens with two attached hydrogens (primary N) is 2. The van der Waals surface area contributed by atoms with Crippen molar-refractivity contribution in [3.63, 3.8) is 0 Å². The van der Waals surface area contributed by atoms with Gasteiger partial charge in [0.2, 0.25) is 11.5 Å². The molecule has 2 aromatic rings. The molecular weight excluding hydrogens is 462 g/mol. The van der Waals surface area contributed by atoms with Crippen molar-refractivity contribution in [2.24, 2.45) is 5.16 Å². The van der Waals surface area contributed by atoms with Crippen LogP contribution in [-0.2, 0) is 14.4 Å². The Balaban J connectivity index is 1.53. The number of amides is 2. The largest absolute Gasteiger partial charge is 0.477 e. The van der Waals surface area contributed by atoms with Gasteiger partial charge in [0.15, 0.2) is 5.13 Å². The van der Waals surface area contributed by atoms with Gasteiger partial charge in [-0.1, -0.05) is 16.9 Å². The van der Waals surface area contributed by atoms with Crippen LogP contribution < -0.4 is 16.8 Å². The fourth-order valence-corrected chi connectivity index (χ4v) is 4.92. The molecule has 1 fully saturated rings. The Morgan fingerprint density at radius 3 is 2.78 bits per heavy atom. The molecule has 0 bridgehead atoms. The summed E-state index contributed by atoms with van der Waals surface area (Å²) in [5.74, 6) is -2.77. The Bertz CT molecular complexity index is 1180. The smallest absolute Gasteiger partial charge is 0.353 e. The number of thioether (sulfide) groups is 1. The monoisotopic (exact) mass is 477 g/mol. The maximum Gasteiger partial charge on any atom is 0.353 e. The zero-order valence-electron chi connectivity index (χ0n) is 16.0. The first-order valence-corrected chi connectivity index (χ1v) is 10.6. The van der Waals surface area contributed by atoms with Gasteiger partial charge < -0.3 is 27.1 Å². The van der Waals surface area contributed by atoms with Gasteiger partial charge in [0.1, 0.15) is 17.6 Å². The van der Waals surface area contributed by atoms with Crippen molar-refractivity contribution in [1.82, 2.24) is 29.8 Å². The predicted octanol–water partition coefficient (Wildman–Crippen LogP) is -0.751. The molecule has 1 saturated heterocycles. The van der Waals surface area contributed by atoms with E-state index in [0.717, 1.165) is 28.2 Å². The highest BCUT2D eigenvalue weighted by molar-refractivity contribution is 8.03. The first kappa shape index (κ1) is 21.4. The van der Waals surface area contributed by atoms with Crippen LogP contribution in [0.25, 0.3) is 0 Å². The standard InChI is InChI=1S/C16H15N9O5S2/c17-8-3-5(4-19-22-8)31-7-2-1-6-9(14(27)25(6)11(7)15(28)29)20-13(26)10(23-30)12-21-16(18)32-24-12/h3-4,6,9,30H,1-2H2,(H2,17,22)(H,20,26)(H,28,29)(H2,18,21,24)/b23-10-. The quantitative estimate of drug-likeness (QED) is 0.150. The van der Waals surface area contributed by atoms with E-state index in [1.165, 1.54) is 6.20 Å². The second-order valence-corrected chi connectivity index (χ2v) is 8.62. The highest BCUT2D eigenvalue weighted by Gasteiger charge is 2.53. The minimum Gasteiger partial charge on any atom is -0.477 e. The summed E-state index contributed by atoms with van der Waals surface area (Å²) in [6.07, 6.45) is 2.19. The van der Waals surface area contributed by atoms with Crippen LogP contribution in [-0.4, -0.2) is 70.3 Å². The van der Waals surface area contributed by atoms with Crippen LogP contribution in [0.4, 0.5) is 10.9 Å². The van der Waals surface area contributed by atoms with Gasteiger partial charge >= 0.3 is 5.97 Å². The Labute approximate surface area is 187 Å². The normalized spacial score (nSPS) is 20.6. The highest BCUT2D eigenvalue weighted by atomic mass is 32.2. The van der Waals surface area contributed by atoms with Gasteiger partial charge in [-0.15, -0.1) is 5.10 Å². The molecule has 0 saturated carbocycles. The molecule has 4 rings (SSSR count). The number of nitrogens with zero attached hydrogens (tertiary/aromatic N) is 6. The lowest BCUT2D eigenvalue weighted by molar-refractivity contribution is -0.155. The molecule has 2 aliphatic heterocycles. The second-order valence-electron chi connectivity index (χ2n) is 6.67. The number of rotatable bonds is 6. The predicted molar refractivity (Wildman–Crippen MR) is 111 cm³/mol. The molecule has 32 heavy (non-hydrogen) atoms. The van der Waals surface area contributed by atoms with Gasteiger partial charge in [-0.05, 0) is 18.9 Å². The van der Waals surface area contributed by atoms with Gasteiger partial charge in [-0.2, -0.15) is 14.5 Å². The molecule has 0 radical (unpaired) electrons. The van der Waals surface area contributed by atoms with Crippen molar-refractivity contribution in [3.05, 3.63) is 28.7 Å². The molecule has 4 heterocycles. The van der Waals surface area contributed by atoms with E-state index in [9.17, 15) is 24.7 Å². The van der Waals surface area contributed by atoms with E-state index in [1.807, 2.05) is 0 Å². The fourth-order valence-electron chi connectivity index (χ4n) is 3.42. The number of carbonyl (C=O) groups is 3. The van der Waals surface area contributed by atoms with Crippen molar-refractivity contribution in [2.75, 3.05) is 11.5 Å². The van der Waals surface area contributed by atoms with E-state index in [2.05, 4.69) is 30.0 Å². The molecule has 2 amide bonds. The van der Waals surface area contributed by atoms with Crippen LogP contribution in [0.5, 0.6) is 0 Å². The number of oxime groups is 1. The third-order valence-corrected chi connectivity index (χ3v) is 6.38. The average Bonchev–Trinajstić information content (AvgIpc) is 3.17. The summed E-state index contributed by atoms with van der Waals surface area (Å²) in [4.78, 5) is 43.2. The van der Waals surface area contributed by atoms with E-state index < -0.39 is 35.6 Å². The van der Waals surface area contributed by atoms with Crippen LogP contribution in [0.2, 0.25) is 0 Å². The number of carbonyl (C=O) groups excluding carboxylic acids is 2. The number of carboxylic acid groups (broad SMARTS) is 1. The molecule has 7 N–H and O–H groups in total. The Morgan fingerprint density at radius 2 is 2.16 bits per heavy atom. The maximum atomic E-state index is 12.8. The number of aliphatic carboxylic acids is 1. The molecule has 2 unspecified atom stereocenters. The summed E-state index contributed by atoms with van der Waals surface area (Å²) in [6, 6.07) is -0.0167. The molecule has 14 nitrogen and oxygen atoms in total. The van der Waals surface area contributed by atoms with E-state index in [0.29, 0.717) is 22.6 Å². The molecular formula is C16H15N9O5S2. The third kappa shape index (κ3) is 3.80. The molecule has 2 aliphatic rings. The molecule has 0 aromatic carbocycles. The third-order valence-electron chi connectivity index (χ3n) is 4.74. The first-order valence-electron chi connectivity index (χ1n) is 8.98. The maximum absolute atomic E-state index is 12.8. The average molecular weight is 477 g/mol. The molecule has 0 aliphatic carbocycles. The fraction of sp³-hybridized carbons (Fsp3) is 0.250. The lowest BCUT2D eigenvalue weighted by Gasteiger charge is -2.50. The number of nitrogen functional groups attached to an aromatic ring is 2. The molecule has 16 heteroatoms. The molecule has 0 spiro atoms. The van der Waals surface area contributed by atoms with Crippen molar-refractivity contribution in [3.8, 4) is 0 Å². The number of hydrogen-bond acceptors (Lipinski definition) is 13. The minimum absolute atomic E-state index is 0.0690. The zero-order valence-corrected chi connectivity index (χ0v) is 17.6. The summed E-state index contributed by atoms with van der Waals surface area (Å²) in [5.41, 5.74) is 10.4. The van der Waals surface area contributed by atoms with Gasteiger partial charge in [0.05, 0.1) is 12.2 Å². The van der Waals surface area contributed by atoms with Crippen LogP contribution >= 0.6 is 23.3 Å². The van der Waals surface area contributed by atoms with Crippen LogP contribution in [0.15, 0.2) is 32.9 Å². The van der Waals surface area contributed by atoms with Crippen LogP contribution in [0, 0.1) is 0 Å².